The molecule has 1 N–H and O–H groups in total. The van der Waals surface area contributed by atoms with E-state index in [4.69, 9.17) is 4.74 Å². The smallest absolute Gasteiger partial charge is 0.235 e. The summed E-state index contributed by atoms with van der Waals surface area (Å²) < 4.78 is 30.2. The van der Waals surface area contributed by atoms with Crippen molar-refractivity contribution in [1.29, 1.82) is 0 Å². The third-order valence-electron chi connectivity index (χ3n) is 3.71. The zero-order chi connectivity index (χ0) is 17.4. The lowest BCUT2D eigenvalue weighted by atomic mass is 10.3. The highest BCUT2D eigenvalue weighted by atomic mass is 32.2. The van der Waals surface area contributed by atoms with E-state index < -0.39 is 10.0 Å². The van der Waals surface area contributed by atoms with Gasteiger partial charge in [0.15, 0.2) is 0 Å². The maximum absolute atomic E-state index is 12.1. The van der Waals surface area contributed by atoms with Gasteiger partial charge in [0.2, 0.25) is 15.9 Å². The van der Waals surface area contributed by atoms with E-state index in [1.165, 1.54) is 0 Å². The van der Waals surface area contributed by atoms with E-state index in [0.29, 0.717) is 25.5 Å². The summed E-state index contributed by atoms with van der Waals surface area (Å²) >= 11 is 0. The number of rotatable bonds is 8. The van der Waals surface area contributed by atoms with Crippen LogP contribution in [0, 0.1) is 0 Å². The number of carbonyl (C=O) groups excluding carboxylic acids is 1. The molecule has 1 aromatic rings. The fourth-order valence-electron chi connectivity index (χ4n) is 2.36. The van der Waals surface area contributed by atoms with Crippen molar-refractivity contribution >= 4 is 15.9 Å². The topological polar surface area (TPSA) is 91.8 Å². The molecule has 0 unspecified atom stereocenters. The summed E-state index contributed by atoms with van der Waals surface area (Å²) in [5, 5.41) is 2.77. The quantitative estimate of drug-likeness (QED) is 0.662. The SMILES string of the molecule is CS(=O)(=O)N(CC(=O)NCCN1CCOCC1)Cc1ccccn1. The van der Waals surface area contributed by atoms with Gasteiger partial charge in [-0.3, -0.25) is 14.7 Å². The number of amides is 1. The van der Waals surface area contributed by atoms with Crippen LogP contribution >= 0.6 is 0 Å². The number of aromatic nitrogens is 1. The van der Waals surface area contributed by atoms with Crippen molar-refractivity contribution in [3.8, 4) is 0 Å². The Labute approximate surface area is 142 Å². The molecule has 2 rings (SSSR count). The number of sulfonamides is 1. The van der Waals surface area contributed by atoms with Crippen molar-refractivity contribution in [1.82, 2.24) is 19.5 Å². The third-order valence-corrected chi connectivity index (χ3v) is 4.90. The van der Waals surface area contributed by atoms with Gasteiger partial charge < -0.3 is 10.1 Å². The molecule has 0 saturated carbocycles. The van der Waals surface area contributed by atoms with Crippen molar-refractivity contribution in [3.05, 3.63) is 30.1 Å². The Kier molecular flexibility index (Phi) is 7.10. The van der Waals surface area contributed by atoms with Crippen LogP contribution < -0.4 is 5.32 Å². The van der Waals surface area contributed by atoms with Gasteiger partial charge in [-0.25, -0.2) is 8.42 Å². The van der Waals surface area contributed by atoms with E-state index in [-0.39, 0.29) is 19.0 Å². The van der Waals surface area contributed by atoms with Crippen LogP contribution in [0.15, 0.2) is 24.4 Å². The number of carbonyl (C=O) groups is 1. The molecular weight excluding hydrogens is 332 g/mol. The number of hydrogen-bond donors (Lipinski definition) is 1. The highest BCUT2D eigenvalue weighted by Gasteiger charge is 2.21. The molecule has 8 nitrogen and oxygen atoms in total. The Morgan fingerprint density at radius 3 is 2.75 bits per heavy atom. The monoisotopic (exact) mass is 356 g/mol. The summed E-state index contributed by atoms with van der Waals surface area (Å²) in [5.41, 5.74) is 0.601. The zero-order valence-corrected chi connectivity index (χ0v) is 14.7. The van der Waals surface area contributed by atoms with Crippen LogP contribution in [0.25, 0.3) is 0 Å². The first-order chi connectivity index (χ1) is 11.4. The number of hydrogen-bond acceptors (Lipinski definition) is 6. The number of nitrogens with one attached hydrogen (secondary N) is 1. The van der Waals surface area contributed by atoms with E-state index >= 15 is 0 Å². The van der Waals surface area contributed by atoms with Crippen LogP contribution in [0.1, 0.15) is 5.69 Å². The second kappa shape index (κ2) is 9.07. The fraction of sp³-hybridized carbons (Fsp3) is 0.600. The second-order valence-electron chi connectivity index (χ2n) is 5.66. The van der Waals surface area contributed by atoms with Gasteiger partial charge in [0.25, 0.3) is 0 Å². The van der Waals surface area contributed by atoms with Crippen LogP contribution in [0.4, 0.5) is 0 Å². The maximum atomic E-state index is 12.1. The van der Waals surface area contributed by atoms with Gasteiger partial charge in [-0.2, -0.15) is 4.31 Å². The van der Waals surface area contributed by atoms with Gasteiger partial charge in [0.05, 0.1) is 38.3 Å². The summed E-state index contributed by atoms with van der Waals surface area (Å²) in [7, 11) is -3.50. The average molecular weight is 356 g/mol. The molecule has 1 aliphatic rings. The molecular formula is C15H24N4O4S. The average Bonchev–Trinajstić information content (AvgIpc) is 2.55. The summed E-state index contributed by atoms with van der Waals surface area (Å²) in [5.74, 6) is -0.315. The largest absolute Gasteiger partial charge is 0.379 e. The number of nitrogens with zero attached hydrogens (tertiary/aromatic N) is 3. The molecule has 1 amide bonds. The van der Waals surface area contributed by atoms with Gasteiger partial charge in [-0.15, -0.1) is 0 Å². The van der Waals surface area contributed by atoms with E-state index in [0.717, 1.165) is 30.2 Å². The molecule has 0 bridgehead atoms. The zero-order valence-electron chi connectivity index (χ0n) is 13.8. The van der Waals surface area contributed by atoms with Gasteiger partial charge in [0, 0.05) is 32.4 Å². The first kappa shape index (κ1) is 18.8. The van der Waals surface area contributed by atoms with E-state index in [2.05, 4.69) is 15.2 Å². The Morgan fingerprint density at radius 2 is 2.12 bits per heavy atom. The molecule has 1 saturated heterocycles. The molecule has 1 aliphatic heterocycles. The number of ether oxygens (including phenoxy) is 1. The first-order valence-electron chi connectivity index (χ1n) is 7.87. The minimum Gasteiger partial charge on any atom is -0.379 e. The van der Waals surface area contributed by atoms with Crippen molar-refractivity contribution in [2.75, 3.05) is 52.2 Å². The molecule has 0 aromatic carbocycles. The lowest BCUT2D eigenvalue weighted by Gasteiger charge is -2.26. The summed E-state index contributed by atoms with van der Waals surface area (Å²) in [4.78, 5) is 18.4. The Morgan fingerprint density at radius 1 is 1.38 bits per heavy atom. The van der Waals surface area contributed by atoms with Crippen molar-refractivity contribution in [2.45, 2.75) is 6.54 Å². The normalized spacial score (nSPS) is 16.2. The molecule has 9 heteroatoms. The van der Waals surface area contributed by atoms with E-state index in [1.807, 2.05) is 0 Å². The molecule has 0 radical (unpaired) electrons. The molecule has 1 aromatic heterocycles. The standard InChI is InChI=1S/C15H24N4O4S/c1-24(21,22)19(12-14-4-2-3-5-16-14)13-15(20)17-6-7-18-8-10-23-11-9-18/h2-5H,6-13H2,1H3,(H,17,20). The van der Waals surface area contributed by atoms with Crippen molar-refractivity contribution < 1.29 is 17.9 Å². The van der Waals surface area contributed by atoms with E-state index in [9.17, 15) is 13.2 Å². The fourth-order valence-corrected chi connectivity index (χ4v) is 3.08. The molecule has 0 aliphatic carbocycles. The summed E-state index contributed by atoms with van der Waals surface area (Å²) in [6.07, 6.45) is 2.69. The Hall–Kier alpha value is -1.55. The highest BCUT2D eigenvalue weighted by Crippen LogP contribution is 2.05. The highest BCUT2D eigenvalue weighted by molar-refractivity contribution is 7.88. The number of morpholine rings is 1. The van der Waals surface area contributed by atoms with Crippen LogP contribution in [-0.2, 0) is 26.1 Å². The third kappa shape index (κ3) is 6.52. The van der Waals surface area contributed by atoms with Crippen molar-refractivity contribution in [2.24, 2.45) is 0 Å². The van der Waals surface area contributed by atoms with Crippen molar-refractivity contribution in [3.63, 3.8) is 0 Å². The van der Waals surface area contributed by atoms with Crippen LogP contribution in [0.2, 0.25) is 0 Å². The maximum Gasteiger partial charge on any atom is 0.235 e. The lowest BCUT2D eigenvalue weighted by molar-refractivity contribution is -0.121. The minimum atomic E-state index is -3.50. The van der Waals surface area contributed by atoms with Gasteiger partial charge >= 0.3 is 0 Å². The molecule has 0 spiro atoms. The molecule has 24 heavy (non-hydrogen) atoms. The second-order valence-corrected chi connectivity index (χ2v) is 7.64. The molecule has 0 atom stereocenters. The molecule has 2 heterocycles. The predicted octanol–water partition coefficient (Wildman–Crippen LogP) is -0.708. The number of pyridine rings is 1. The predicted molar refractivity (Wildman–Crippen MR) is 89.8 cm³/mol. The first-order valence-corrected chi connectivity index (χ1v) is 9.72. The minimum absolute atomic E-state index is 0.0799. The van der Waals surface area contributed by atoms with Crippen LogP contribution in [-0.4, -0.2) is 80.7 Å². The van der Waals surface area contributed by atoms with Gasteiger partial charge in [0.1, 0.15) is 0 Å². The van der Waals surface area contributed by atoms with Gasteiger partial charge in [-0.1, -0.05) is 6.07 Å². The van der Waals surface area contributed by atoms with Gasteiger partial charge in [-0.05, 0) is 12.1 Å². The molecule has 134 valence electrons. The molecule has 1 fully saturated rings. The van der Waals surface area contributed by atoms with Crippen LogP contribution in [0.3, 0.4) is 0 Å². The van der Waals surface area contributed by atoms with E-state index in [1.54, 1.807) is 24.4 Å². The van der Waals surface area contributed by atoms with Crippen LogP contribution in [0.5, 0.6) is 0 Å². The summed E-state index contributed by atoms with van der Waals surface area (Å²) in [6, 6.07) is 5.27. The lowest BCUT2D eigenvalue weighted by Crippen LogP contribution is -2.44. The Balaban J connectivity index is 1.81. The summed E-state index contributed by atoms with van der Waals surface area (Å²) in [6.45, 7) is 4.21. The Bertz CT molecular complexity index is 618.